The van der Waals surface area contributed by atoms with Crippen LogP contribution in [0.25, 0.3) is 0 Å². The van der Waals surface area contributed by atoms with Crippen molar-refractivity contribution in [3.8, 4) is 0 Å². The summed E-state index contributed by atoms with van der Waals surface area (Å²) in [7, 11) is 0. The first kappa shape index (κ1) is 21.5. The van der Waals surface area contributed by atoms with E-state index < -0.39 is 5.25 Å². The van der Waals surface area contributed by atoms with Crippen molar-refractivity contribution < 1.29 is 14.4 Å². The molecule has 0 radical (unpaired) electrons. The first-order valence-corrected chi connectivity index (χ1v) is 10.4. The molecule has 1 N–H and O–H groups in total. The molecule has 2 aromatic carbocycles. The van der Waals surface area contributed by atoms with Gasteiger partial charge in [0, 0.05) is 24.2 Å². The second-order valence-electron chi connectivity index (χ2n) is 6.96. The minimum atomic E-state index is -0.551. The highest BCUT2D eigenvalue weighted by atomic mass is 32.2. The monoisotopic (exact) mass is 421 g/mol. The molecule has 0 bridgehead atoms. The smallest absolute Gasteiger partial charge is 0.242 e. The van der Waals surface area contributed by atoms with Crippen molar-refractivity contribution in [1.82, 2.24) is 4.90 Å². The van der Waals surface area contributed by atoms with Crippen molar-refractivity contribution in [3.05, 3.63) is 72.3 Å². The molecule has 1 unspecified atom stereocenters. The number of ketones is 1. The topological polar surface area (TPSA) is 78.8 Å². The predicted octanol–water partition coefficient (Wildman–Crippen LogP) is 4.34. The number of carbonyl (C=O) groups is 3. The van der Waals surface area contributed by atoms with Crippen LogP contribution in [0.5, 0.6) is 0 Å². The fourth-order valence-electron chi connectivity index (χ4n) is 3.01. The summed E-state index contributed by atoms with van der Waals surface area (Å²) in [6, 6.07) is 14.4. The van der Waals surface area contributed by atoms with Crippen LogP contribution in [0, 0.1) is 6.92 Å². The molecular weight excluding hydrogens is 398 g/mol. The van der Waals surface area contributed by atoms with Gasteiger partial charge in [0.1, 0.15) is 5.25 Å². The maximum absolute atomic E-state index is 12.8. The Hall–Kier alpha value is -3.19. The maximum atomic E-state index is 12.8. The normalized spacial score (nSPS) is 17.3. The molecule has 154 valence electrons. The lowest BCUT2D eigenvalue weighted by Crippen LogP contribution is -2.33. The van der Waals surface area contributed by atoms with E-state index >= 15 is 0 Å². The fourth-order valence-corrected chi connectivity index (χ4v) is 4.17. The van der Waals surface area contributed by atoms with Crippen molar-refractivity contribution in [2.45, 2.75) is 25.5 Å². The van der Waals surface area contributed by atoms with E-state index in [2.05, 4.69) is 16.9 Å². The van der Waals surface area contributed by atoms with Gasteiger partial charge in [-0.3, -0.25) is 19.3 Å². The van der Waals surface area contributed by atoms with E-state index in [0.717, 1.165) is 5.56 Å². The highest BCUT2D eigenvalue weighted by Gasteiger charge is 2.38. The molecule has 30 heavy (non-hydrogen) atoms. The summed E-state index contributed by atoms with van der Waals surface area (Å²) in [5.74, 6) is -0.414. The van der Waals surface area contributed by atoms with Crippen LogP contribution in [-0.4, -0.2) is 39.5 Å². The zero-order valence-electron chi connectivity index (χ0n) is 16.9. The van der Waals surface area contributed by atoms with Gasteiger partial charge < -0.3 is 5.32 Å². The lowest BCUT2D eigenvalue weighted by molar-refractivity contribution is -0.127. The Morgan fingerprint density at radius 2 is 1.97 bits per heavy atom. The van der Waals surface area contributed by atoms with Crippen molar-refractivity contribution in [3.63, 3.8) is 0 Å². The van der Waals surface area contributed by atoms with Crippen molar-refractivity contribution >= 4 is 45.9 Å². The van der Waals surface area contributed by atoms with Gasteiger partial charge in [0.2, 0.25) is 11.8 Å². The number of amidine groups is 1. The lowest BCUT2D eigenvalue weighted by atomic mass is 10.1. The largest absolute Gasteiger partial charge is 0.326 e. The zero-order valence-corrected chi connectivity index (χ0v) is 17.7. The van der Waals surface area contributed by atoms with Crippen molar-refractivity contribution in [2.24, 2.45) is 4.99 Å². The van der Waals surface area contributed by atoms with E-state index in [1.54, 1.807) is 30.3 Å². The van der Waals surface area contributed by atoms with E-state index in [-0.39, 0.29) is 24.0 Å². The number of aliphatic imine (C=N–C) groups is 1. The van der Waals surface area contributed by atoms with E-state index in [1.807, 2.05) is 31.2 Å². The maximum Gasteiger partial charge on any atom is 0.242 e. The molecule has 0 aliphatic carbocycles. The van der Waals surface area contributed by atoms with Crippen molar-refractivity contribution in [2.75, 3.05) is 11.9 Å². The molecule has 2 aromatic rings. The van der Waals surface area contributed by atoms with Crippen LogP contribution in [0.3, 0.4) is 0 Å². The third-order valence-electron chi connectivity index (χ3n) is 4.50. The number of anilines is 1. The number of Topliss-reactive ketones (excluding diaryl/α,β-unsaturated/α-hetero) is 1. The number of aryl methyl sites for hydroxylation is 1. The Balaban J connectivity index is 1.74. The Morgan fingerprint density at radius 3 is 2.60 bits per heavy atom. The summed E-state index contributed by atoms with van der Waals surface area (Å²) in [6.45, 7) is 7.47. The molecule has 0 spiro atoms. The summed E-state index contributed by atoms with van der Waals surface area (Å²) in [4.78, 5) is 42.8. The van der Waals surface area contributed by atoms with Crippen LogP contribution in [0.1, 0.15) is 29.3 Å². The van der Waals surface area contributed by atoms with Gasteiger partial charge in [0.05, 0.1) is 5.69 Å². The zero-order chi connectivity index (χ0) is 21.7. The number of hydrogen-bond acceptors (Lipinski definition) is 5. The Bertz CT molecular complexity index is 1010. The van der Waals surface area contributed by atoms with Gasteiger partial charge in [-0.05, 0) is 55.8 Å². The minimum Gasteiger partial charge on any atom is -0.326 e. The summed E-state index contributed by atoms with van der Waals surface area (Å²) < 4.78 is 0. The first-order chi connectivity index (χ1) is 14.4. The summed E-state index contributed by atoms with van der Waals surface area (Å²) in [5.41, 5.74) is 2.98. The average Bonchev–Trinajstić information content (AvgIpc) is 2.97. The molecule has 7 heteroatoms. The van der Waals surface area contributed by atoms with Gasteiger partial charge in [-0.2, -0.15) is 0 Å². The number of hydrogen-bond donors (Lipinski definition) is 1. The summed E-state index contributed by atoms with van der Waals surface area (Å²) in [6.07, 6.45) is 1.68. The molecule has 1 heterocycles. The van der Waals surface area contributed by atoms with Gasteiger partial charge in [-0.15, -0.1) is 6.58 Å². The van der Waals surface area contributed by atoms with E-state index in [1.165, 1.54) is 23.6 Å². The van der Waals surface area contributed by atoms with Crippen LogP contribution in [0.4, 0.5) is 11.4 Å². The van der Waals surface area contributed by atoms with Crippen LogP contribution < -0.4 is 5.32 Å². The minimum absolute atomic E-state index is 0.0207. The molecule has 6 nitrogen and oxygen atoms in total. The number of carbonyl (C=O) groups excluding carboxylic acids is 3. The number of benzene rings is 2. The summed E-state index contributed by atoms with van der Waals surface area (Å²) in [5, 5.41) is 2.81. The van der Waals surface area contributed by atoms with Gasteiger partial charge in [-0.1, -0.05) is 30.0 Å². The van der Waals surface area contributed by atoms with Crippen LogP contribution in [0.2, 0.25) is 0 Å². The van der Waals surface area contributed by atoms with E-state index in [4.69, 9.17) is 0 Å². The van der Waals surface area contributed by atoms with Gasteiger partial charge in [0.25, 0.3) is 0 Å². The van der Waals surface area contributed by atoms with E-state index in [9.17, 15) is 14.4 Å². The van der Waals surface area contributed by atoms with Crippen molar-refractivity contribution in [1.29, 1.82) is 0 Å². The van der Waals surface area contributed by atoms with E-state index in [0.29, 0.717) is 28.7 Å². The molecule has 1 aliphatic rings. The number of rotatable bonds is 7. The predicted molar refractivity (Wildman–Crippen MR) is 121 cm³/mol. The summed E-state index contributed by atoms with van der Waals surface area (Å²) >= 11 is 1.27. The second-order valence-corrected chi connectivity index (χ2v) is 8.13. The Labute approximate surface area is 180 Å². The van der Waals surface area contributed by atoms with Gasteiger partial charge >= 0.3 is 0 Å². The molecular formula is C23H23N3O3S. The molecule has 0 saturated carbocycles. The number of nitrogens with zero attached hydrogens (tertiary/aromatic N) is 2. The number of amides is 2. The van der Waals surface area contributed by atoms with Crippen LogP contribution in [-0.2, 0) is 9.59 Å². The Morgan fingerprint density at radius 1 is 1.23 bits per heavy atom. The molecule has 1 aliphatic heterocycles. The van der Waals surface area contributed by atoms with Crippen LogP contribution >= 0.6 is 11.8 Å². The third kappa shape index (κ3) is 5.24. The standard InChI is InChI=1S/C23H23N3O3S/c1-4-12-26-22(29)20(14-21(28)24-19-7-5-6-15(2)13-19)30-23(26)25-18-10-8-17(9-11-18)16(3)27/h4-11,13,20H,1,12,14H2,2-3H3,(H,24,28). The molecule has 3 rings (SSSR count). The molecule has 1 fully saturated rings. The van der Waals surface area contributed by atoms with Gasteiger partial charge in [0.15, 0.2) is 11.0 Å². The van der Waals surface area contributed by atoms with Gasteiger partial charge in [-0.25, -0.2) is 4.99 Å². The van der Waals surface area contributed by atoms with Crippen LogP contribution in [0.15, 0.2) is 66.2 Å². The fraction of sp³-hybridized carbons (Fsp3) is 0.217. The first-order valence-electron chi connectivity index (χ1n) is 9.52. The average molecular weight is 422 g/mol. The SMILES string of the molecule is C=CCN1C(=O)C(CC(=O)Nc2cccc(C)c2)SC1=Nc1ccc(C(C)=O)cc1. The quantitative estimate of drug-likeness (QED) is 0.533. The number of thioether (sulfide) groups is 1. The Kier molecular flexibility index (Phi) is 6.84. The molecule has 1 atom stereocenters. The third-order valence-corrected chi connectivity index (χ3v) is 5.68. The lowest BCUT2D eigenvalue weighted by Gasteiger charge is -2.14. The second kappa shape index (κ2) is 9.54. The molecule has 2 amide bonds. The highest BCUT2D eigenvalue weighted by molar-refractivity contribution is 8.15. The highest BCUT2D eigenvalue weighted by Crippen LogP contribution is 2.32. The molecule has 1 saturated heterocycles. The number of nitrogens with one attached hydrogen (secondary N) is 1. The molecule has 0 aromatic heterocycles.